The second kappa shape index (κ2) is 6.00. The Kier molecular flexibility index (Phi) is 3.79. The Bertz CT molecular complexity index is 1060. The number of carbonyl (C=O) groups excluding carboxylic acids is 2. The van der Waals surface area contributed by atoms with Crippen molar-refractivity contribution >= 4 is 17.7 Å². The van der Waals surface area contributed by atoms with Crippen LogP contribution in [0.4, 0.5) is 10.5 Å². The highest BCUT2D eigenvalue weighted by Crippen LogP contribution is 2.76. The number of para-hydroxylation sites is 1. The molecule has 1 amide bonds. The average molecular weight is 407 g/mol. The Balaban J connectivity index is 1.72. The van der Waals surface area contributed by atoms with Crippen LogP contribution in [0.15, 0.2) is 48.5 Å². The first-order valence-electron chi connectivity index (χ1n) is 10.2. The van der Waals surface area contributed by atoms with Gasteiger partial charge >= 0.3 is 12.1 Å². The molecule has 3 atom stereocenters. The van der Waals surface area contributed by atoms with Crippen molar-refractivity contribution in [3.63, 3.8) is 0 Å². The summed E-state index contributed by atoms with van der Waals surface area (Å²) in [5.74, 6) is 0.368. The fourth-order valence-corrected chi connectivity index (χ4v) is 5.58. The van der Waals surface area contributed by atoms with Crippen LogP contribution in [0.3, 0.4) is 0 Å². The molecule has 2 aromatic rings. The van der Waals surface area contributed by atoms with Gasteiger partial charge in [-0.2, -0.15) is 0 Å². The summed E-state index contributed by atoms with van der Waals surface area (Å²) in [6.45, 7) is 5.86. The number of benzene rings is 2. The molecule has 0 radical (unpaired) electrons. The molecule has 6 heteroatoms. The number of ether oxygens (including phenoxy) is 3. The molecule has 156 valence electrons. The van der Waals surface area contributed by atoms with E-state index < -0.39 is 22.5 Å². The number of carbonyl (C=O) groups is 2. The Morgan fingerprint density at radius 2 is 1.93 bits per heavy atom. The molecule has 0 N–H and O–H groups in total. The maximum atomic E-state index is 13.4. The number of hydrogen-bond acceptors (Lipinski definition) is 5. The standard InChI is InChI=1S/C24H25NO5/c1-22(2,3)30-21(27)25-18-11-6-5-10-17(18)23-12-13-29-20(26)24(23,19(23)25)15-8-7-9-16(14-15)28-4/h5-11,14,19H,12-13H2,1-4H3/t19-,23+,24-/m0/s1. The van der Waals surface area contributed by atoms with Crippen molar-refractivity contribution in [3.05, 3.63) is 59.7 Å². The lowest BCUT2D eigenvalue weighted by atomic mass is 9.77. The van der Waals surface area contributed by atoms with E-state index in [1.54, 1.807) is 12.0 Å². The topological polar surface area (TPSA) is 65.1 Å². The van der Waals surface area contributed by atoms with Gasteiger partial charge in [0.1, 0.15) is 16.8 Å². The summed E-state index contributed by atoms with van der Waals surface area (Å²) in [5.41, 5.74) is 0.476. The number of esters is 1. The molecule has 0 aromatic heterocycles. The zero-order valence-corrected chi connectivity index (χ0v) is 17.6. The van der Waals surface area contributed by atoms with E-state index >= 15 is 0 Å². The van der Waals surface area contributed by atoms with Crippen molar-refractivity contribution in [2.75, 3.05) is 18.6 Å². The van der Waals surface area contributed by atoms with Crippen molar-refractivity contribution in [1.29, 1.82) is 0 Å². The molecule has 1 spiro atoms. The number of cyclic esters (lactones) is 1. The fraction of sp³-hybridized carbons (Fsp3) is 0.417. The second-order valence-corrected chi connectivity index (χ2v) is 9.17. The Morgan fingerprint density at radius 3 is 2.67 bits per heavy atom. The summed E-state index contributed by atoms with van der Waals surface area (Å²) in [6, 6.07) is 14.9. The van der Waals surface area contributed by atoms with E-state index in [2.05, 4.69) is 0 Å². The molecule has 0 bridgehead atoms. The molecule has 2 aliphatic heterocycles. The lowest BCUT2D eigenvalue weighted by Gasteiger charge is -2.33. The van der Waals surface area contributed by atoms with Crippen LogP contribution in [0, 0.1) is 0 Å². The Hall–Kier alpha value is -3.02. The SMILES string of the molecule is COc1cccc([C@]23C(=O)OCC[C@]24c2ccccc2N(C(=O)OC(C)(C)C)[C@H]34)c1. The monoisotopic (exact) mass is 407 g/mol. The lowest BCUT2D eigenvalue weighted by molar-refractivity contribution is -0.151. The van der Waals surface area contributed by atoms with Gasteiger partial charge in [0.2, 0.25) is 0 Å². The zero-order chi connectivity index (χ0) is 21.3. The van der Waals surface area contributed by atoms with Gasteiger partial charge in [-0.15, -0.1) is 0 Å². The molecule has 2 aromatic carbocycles. The van der Waals surface area contributed by atoms with Gasteiger partial charge in [0.05, 0.1) is 25.4 Å². The quantitative estimate of drug-likeness (QED) is 0.705. The van der Waals surface area contributed by atoms with Crippen LogP contribution in [0.5, 0.6) is 5.75 Å². The molecule has 6 nitrogen and oxygen atoms in total. The molecular weight excluding hydrogens is 382 g/mol. The van der Waals surface area contributed by atoms with Crippen molar-refractivity contribution in [2.24, 2.45) is 0 Å². The van der Waals surface area contributed by atoms with Crippen LogP contribution in [0.25, 0.3) is 0 Å². The predicted molar refractivity (Wildman–Crippen MR) is 111 cm³/mol. The van der Waals surface area contributed by atoms with E-state index in [-0.39, 0.29) is 12.0 Å². The van der Waals surface area contributed by atoms with E-state index in [1.165, 1.54) is 0 Å². The van der Waals surface area contributed by atoms with Crippen molar-refractivity contribution in [2.45, 2.75) is 49.7 Å². The smallest absolute Gasteiger partial charge is 0.415 e. The first-order valence-corrected chi connectivity index (χ1v) is 10.2. The molecule has 3 aliphatic rings. The minimum absolute atomic E-state index is 0.296. The summed E-state index contributed by atoms with van der Waals surface area (Å²) >= 11 is 0. The Labute approximate surface area is 175 Å². The minimum atomic E-state index is -0.967. The van der Waals surface area contributed by atoms with Crippen molar-refractivity contribution in [1.82, 2.24) is 0 Å². The summed E-state index contributed by atoms with van der Waals surface area (Å²) in [7, 11) is 1.60. The van der Waals surface area contributed by atoms with Crippen LogP contribution < -0.4 is 9.64 Å². The first-order chi connectivity index (χ1) is 14.3. The Morgan fingerprint density at radius 1 is 1.17 bits per heavy atom. The average Bonchev–Trinajstić information content (AvgIpc) is 3.23. The van der Waals surface area contributed by atoms with Gasteiger partial charge in [-0.1, -0.05) is 30.3 Å². The van der Waals surface area contributed by atoms with Crippen LogP contribution in [-0.2, 0) is 25.1 Å². The predicted octanol–water partition coefficient (Wildman–Crippen LogP) is 3.96. The summed E-state index contributed by atoms with van der Waals surface area (Å²) in [5, 5.41) is 0. The van der Waals surface area contributed by atoms with E-state index in [0.29, 0.717) is 18.8 Å². The third-order valence-electron chi connectivity index (χ3n) is 6.57. The lowest BCUT2D eigenvalue weighted by Crippen LogP contribution is -2.44. The minimum Gasteiger partial charge on any atom is -0.497 e. The van der Waals surface area contributed by atoms with Crippen LogP contribution in [0.2, 0.25) is 0 Å². The molecule has 1 saturated carbocycles. The van der Waals surface area contributed by atoms with E-state index in [4.69, 9.17) is 14.2 Å². The highest BCUT2D eigenvalue weighted by atomic mass is 16.6. The molecule has 2 heterocycles. The maximum Gasteiger partial charge on any atom is 0.415 e. The third kappa shape index (κ3) is 2.19. The van der Waals surface area contributed by atoms with Crippen LogP contribution >= 0.6 is 0 Å². The third-order valence-corrected chi connectivity index (χ3v) is 6.57. The molecule has 1 saturated heterocycles. The summed E-state index contributed by atoms with van der Waals surface area (Å²) < 4.78 is 16.7. The molecule has 0 unspecified atom stereocenters. The highest BCUT2D eigenvalue weighted by molar-refractivity contribution is 6.06. The molecule has 5 rings (SSSR count). The van der Waals surface area contributed by atoms with E-state index in [9.17, 15) is 9.59 Å². The van der Waals surface area contributed by atoms with Gasteiger partial charge in [-0.05, 0) is 56.5 Å². The first kappa shape index (κ1) is 19.0. The number of anilines is 1. The van der Waals surface area contributed by atoms with Crippen LogP contribution in [0.1, 0.15) is 38.3 Å². The summed E-state index contributed by atoms with van der Waals surface area (Å²) in [4.78, 5) is 28.4. The van der Waals surface area contributed by atoms with Crippen molar-refractivity contribution < 1.29 is 23.8 Å². The van der Waals surface area contributed by atoms with Gasteiger partial charge < -0.3 is 14.2 Å². The normalized spacial score (nSPS) is 28.7. The number of rotatable bonds is 2. The fourth-order valence-electron chi connectivity index (χ4n) is 5.58. The van der Waals surface area contributed by atoms with E-state index in [1.807, 2.05) is 69.3 Å². The van der Waals surface area contributed by atoms with Gasteiger partial charge in [0.15, 0.2) is 0 Å². The number of hydrogen-bond donors (Lipinski definition) is 0. The van der Waals surface area contributed by atoms with E-state index in [0.717, 1.165) is 16.8 Å². The van der Waals surface area contributed by atoms with Crippen molar-refractivity contribution in [3.8, 4) is 5.75 Å². The number of nitrogens with zero attached hydrogens (tertiary/aromatic N) is 1. The zero-order valence-electron chi connectivity index (χ0n) is 17.6. The highest BCUT2D eigenvalue weighted by Gasteiger charge is 2.89. The number of amides is 1. The van der Waals surface area contributed by atoms with Gasteiger partial charge in [-0.25, -0.2) is 4.79 Å². The summed E-state index contributed by atoms with van der Waals surface area (Å²) in [6.07, 6.45) is 0.206. The van der Waals surface area contributed by atoms with Gasteiger partial charge in [0.25, 0.3) is 0 Å². The second-order valence-electron chi connectivity index (χ2n) is 9.17. The van der Waals surface area contributed by atoms with Crippen LogP contribution in [-0.4, -0.2) is 37.4 Å². The maximum absolute atomic E-state index is 13.4. The molecular formula is C24H25NO5. The number of fused-ring (bicyclic) bond motifs is 2. The van der Waals surface area contributed by atoms with Gasteiger partial charge in [0, 0.05) is 5.41 Å². The molecule has 30 heavy (non-hydrogen) atoms. The molecule has 2 fully saturated rings. The number of methoxy groups -OCH3 is 1. The largest absolute Gasteiger partial charge is 0.497 e. The molecule has 1 aliphatic carbocycles. The van der Waals surface area contributed by atoms with Gasteiger partial charge in [-0.3, -0.25) is 9.69 Å².